The molecule has 0 aliphatic carbocycles. The molecule has 140 valence electrons. The zero-order valence-electron chi connectivity index (χ0n) is 14.4. The molecule has 1 aromatic carbocycles. The second-order valence-corrected chi connectivity index (χ2v) is 8.65. The van der Waals surface area contributed by atoms with Crippen LogP contribution in [0.2, 0.25) is 5.02 Å². The molecule has 0 spiro atoms. The number of benzene rings is 1. The molecule has 1 aliphatic heterocycles. The van der Waals surface area contributed by atoms with Crippen LogP contribution in [0.3, 0.4) is 0 Å². The van der Waals surface area contributed by atoms with Crippen LogP contribution in [0.1, 0.15) is 30.8 Å². The van der Waals surface area contributed by atoms with Gasteiger partial charge >= 0.3 is 0 Å². The number of halogens is 1. The number of carbonyl (C=O) groups is 1. The molecule has 1 aromatic heterocycles. The number of hydrogen-bond acceptors (Lipinski definition) is 4. The first kappa shape index (κ1) is 18.9. The lowest BCUT2D eigenvalue weighted by atomic mass is 10.1. The molecule has 26 heavy (non-hydrogen) atoms. The number of amides is 1. The van der Waals surface area contributed by atoms with E-state index in [1.165, 1.54) is 28.6 Å². The maximum Gasteiger partial charge on any atom is 0.244 e. The Labute approximate surface area is 158 Å². The van der Waals surface area contributed by atoms with Crippen LogP contribution in [-0.4, -0.2) is 31.2 Å². The third-order valence-electron chi connectivity index (χ3n) is 4.38. The molecular formula is C18H21ClN2O4S. The molecule has 6 nitrogen and oxygen atoms in total. The summed E-state index contributed by atoms with van der Waals surface area (Å²) < 4.78 is 33.3. The number of furan rings is 1. The van der Waals surface area contributed by atoms with E-state index in [4.69, 9.17) is 16.0 Å². The van der Waals surface area contributed by atoms with Crippen molar-refractivity contribution in [2.45, 2.75) is 43.7 Å². The van der Waals surface area contributed by atoms with Gasteiger partial charge in [-0.1, -0.05) is 11.6 Å². The molecule has 0 radical (unpaired) electrons. The normalized spacial score (nSPS) is 18.6. The van der Waals surface area contributed by atoms with Crippen LogP contribution in [0.5, 0.6) is 0 Å². The summed E-state index contributed by atoms with van der Waals surface area (Å²) in [7, 11) is -3.90. The van der Waals surface area contributed by atoms with Gasteiger partial charge in [0, 0.05) is 11.6 Å². The first-order chi connectivity index (χ1) is 12.4. The van der Waals surface area contributed by atoms with Gasteiger partial charge in [-0.05, 0) is 62.6 Å². The molecule has 3 rings (SSSR count). The van der Waals surface area contributed by atoms with Gasteiger partial charge in [-0.25, -0.2) is 8.42 Å². The van der Waals surface area contributed by atoms with E-state index < -0.39 is 16.1 Å². The quantitative estimate of drug-likeness (QED) is 0.842. The van der Waals surface area contributed by atoms with E-state index >= 15 is 0 Å². The zero-order valence-corrected chi connectivity index (χ0v) is 16.0. The molecule has 0 bridgehead atoms. The van der Waals surface area contributed by atoms with Crippen molar-refractivity contribution in [2.75, 3.05) is 6.54 Å². The van der Waals surface area contributed by atoms with Crippen LogP contribution in [0.4, 0.5) is 0 Å². The van der Waals surface area contributed by atoms with Crippen molar-refractivity contribution in [1.29, 1.82) is 0 Å². The summed E-state index contributed by atoms with van der Waals surface area (Å²) >= 11 is 5.88. The number of nitrogens with zero attached hydrogens (tertiary/aromatic N) is 1. The van der Waals surface area contributed by atoms with Gasteiger partial charge in [-0.15, -0.1) is 0 Å². The number of hydrogen-bond donors (Lipinski definition) is 1. The minimum atomic E-state index is -3.90. The highest BCUT2D eigenvalue weighted by Crippen LogP contribution is 2.26. The van der Waals surface area contributed by atoms with E-state index in [0.717, 1.165) is 12.8 Å². The van der Waals surface area contributed by atoms with Crippen LogP contribution in [-0.2, 0) is 21.4 Å². The summed E-state index contributed by atoms with van der Waals surface area (Å²) in [6.07, 6.45) is 2.07. The summed E-state index contributed by atoms with van der Waals surface area (Å²) in [6, 6.07) is 8.68. The Morgan fingerprint density at radius 2 is 1.92 bits per heavy atom. The summed E-state index contributed by atoms with van der Waals surface area (Å²) in [5, 5.41) is 3.25. The van der Waals surface area contributed by atoms with Gasteiger partial charge in [-0.2, -0.15) is 4.31 Å². The summed E-state index contributed by atoms with van der Waals surface area (Å²) in [5.74, 6) is 0.912. The standard InChI is InChI=1S/C18H21ClN2O4S/c1-13-5-8-15(25-13)12-21(17-4-2-3-11-20-18(17)22)26(23,24)16-9-6-14(19)7-10-16/h5-10,17H,2-4,11-12H2,1H3,(H,20,22)/t17-/m1/s1. The highest BCUT2D eigenvalue weighted by atomic mass is 35.5. The monoisotopic (exact) mass is 396 g/mol. The van der Waals surface area contributed by atoms with Gasteiger partial charge in [0.1, 0.15) is 17.6 Å². The fourth-order valence-electron chi connectivity index (χ4n) is 3.03. The molecule has 1 N–H and O–H groups in total. The molecule has 8 heteroatoms. The fraction of sp³-hybridized carbons (Fsp3) is 0.389. The Kier molecular flexibility index (Phi) is 5.70. The SMILES string of the molecule is Cc1ccc(CN([C@@H]2CCCCNC2=O)S(=O)(=O)c2ccc(Cl)cc2)o1. The largest absolute Gasteiger partial charge is 0.465 e. The maximum absolute atomic E-state index is 13.3. The van der Waals surface area contributed by atoms with Gasteiger partial charge in [0.2, 0.25) is 15.9 Å². The highest BCUT2D eigenvalue weighted by Gasteiger charge is 2.37. The minimum absolute atomic E-state index is 0.00309. The first-order valence-corrected chi connectivity index (χ1v) is 10.3. The number of nitrogens with one attached hydrogen (secondary N) is 1. The topological polar surface area (TPSA) is 79.6 Å². The van der Waals surface area contributed by atoms with Crippen LogP contribution in [0, 0.1) is 6.92 Å². The number of carbonyl (C=O) groups excluding carboxylic acids is 1. The van der Waals surface area contributed by atoms with E-state index in [9.17, 15) is 13.2 Å². The molecule has 2 aromatic rings. The third kappa shape index (κ3) is 4.11. The van der Waals surface area contributed by atoms with Gasteiger partial charge < -0.3 is 9.73 Å². The van der Waals surface area contributed by atoms with Crippen molar-refractivity contribution >= 4 is 27.5 Å². The Bertz CT molecular complexity index is 877. The lowest BCUT2D eigenvalue weighted by Gasteiger charge is -2.28. The molecule has 1 amide bonds. The Morgan fingerprint density at radius 3 is 2.58 bits per heavy atom. The number of aryl methyl sites for hydroxylation is 1. The van der Waals surface area contributed by atoms with Gasteiger partial charge in [0.05, 0.1) is 11.4 Å². The molecule has 1 saturated heterocycles. The zero-order chi connectivity index (χ0) is 18.7. The second kappa shape index (κ2) is 7.82. The van der Waals surface area contributed by atoms with Gasteiger partial charge in [0.15, 0.2) is 0 Å². The average Bonchev–Trinajstić information content (AvgIpc) is 2.89. The van der Waals surface area contributed by atoms with Crippen LogP contribution < -0.4 is 5.32 Å². The van der Waals surface area contributed by atoms with Crippen molar-refractivity contribution in [1.82, 2.24) is 9.62 Å². The summed E-state index contributed by atoms with van der Waals surface area (Å²) in [4.78, 5) is 12.6. The second-order valence-electron chi connectivity index (χ2n) is 6.32. The Hall–Kier alpha value is -1.83. The van der Waals surface area contributed by atoms with Crippen LogP contribution >= 0.6 is 11.6 Å². The first-order valence-electron chi connectivity index (χ1n) is 8.48. The Morgan fingerprint density at radius 1 is 1.19 bits per heavy atom. The number of rotatable bonds is 5. The molecular weight excluding hydrogens is 376 g/mol. The van der Waals surface area contributed by atoms with Crippen molar-refractivity contribution < 1.29 is 17.6 Å². The maximum atomic E-state index is 13.3. The van der Waals surface area contributed by atoms with E-state index in [2.05, 4.69) is 5.32 Å². The molecule has 1 atom stereocenters. The van der Waals surface area contributed by atoms with Crippen molar-refractivity contribution in [2.24, 2.45) is 0 Å². The summed E-state index contributed by atoms with van der Waals surface area (Å²) in [6.45, 7) is 2.35. The smallest absolute Gasteiger partial charge is 0.244 e. The van der Waals surface area contributed by atoms with Crippen molar-refractivity contribution in [3.63, 3.8) is 0 Å². The third-order valence-corrected chi connectivity index (χ3v) is 6.50. The van der Waals surface area contributed by atoms with Crippen LogP contribution in [0.15, 0.2) is 45.7 Å². The predicted molar refractivity (Wildman–Crippen MR) is 98.3 cm³/mol. The van der Waals surface area contributed by atoms with Gasteiger partial charge in [0.25, 0.3) is 0 Å². The minimum Gasteiger partial charge on any atom is -0.465 e. The Balaban J connectivity index is 2.00. The van der Waals surface area contributed by atoms with E-state index in [1.54, 1.807) is 19.1 Å². The van der Waals surface area contributed by atoms with E-state index in [-0.39, 0.29) is 17.3 Å². The lowest BCUT2D eigenvalue weighted by Crippen LogP contribution is -2.48. The fourth-order valence-corrected chi connectivity index (χ4v) is 4.74. The molecule has 1 fully saturated rings. The molecule has 0 saturated carbocycles. The predicted octanol–water partition coefficient (Wildman–Crippen LogP) is 3.10. The van der Waals surface area contributed by atoms with Crippen molar-refractivity contribution in [3.05, 3.63) is 52.9 Å². The summed E-state index contributed by atoms with van der Waals surface area (Å²) in [5.41, 5.74) is 0. The highest BCUT2D eigenvalue weighted by molar-refractivity contribution is 7.89. The van der Waals surface area contributed by atoms with Gasteiger partial charge in [-0.3, -0.25) is 4.79 Å². The van der Waals surface area contributed by atoms with E-state index in [0.29, 0.717) is 29.5 Å². The number of sulfonamides is 1. The molecule has 1 aliphatic rings. The van der Waals surface area contributed by atoms with Crippen LogP contribution in [0.25, 0.3) is 0 Å². The molecule has 2 heterocycles. The van der Waals surface area contributed by atoms with E-state index in [1.807, 2.05) is 0 Å². The molecule has 0 unspecified atom stereocenters. The van der Waals surface area contributed by atoms with Crippen molar-refractivity contribution in [3.8, 4) is 0 Å². The average molecular weight is 397 g/mol. The lowest BCUT2D eigenvalue weighted by molar-refractivity contribution is -0.124.